The van der Waals surface area contributed by atoms with Crippen LogP contribution in [0, 0.1) is 23.8 Å². The largest absolute Gasteiger partial charge is 1.00 e. The Balaban J connectivity index is -0.000000282. The molecular formula is C28H44K2N2O7Si. The van der Waals surface area contributed by atoms with E-state index in [4.69, 9.17) is 25.9 Å². The van der Waals surface area contributed by atoms with Crippen molar-refractivity contribution in [1.29, 1.82) is 0 Å². The molecule has 0 aromatic heterocycles. The van der Waals surface area contributed by atoms with Gasteiger partial charge in [0.15, 0.2) is 0 Å². The first-order valence-corrected chi connectivity index (χ1v) is 16.0. The van der Waals surface area contributed by atoms with Gasteiger partial charge in [-0.2, -0.15) is 0 Å². The molecule has 0 aromatic rings. The minimum atomic E-state index is -1.32. The fourth-order valence-electron chi connectivity index (χ4n) is 2.84. The second-order valence-electron chi connectivity index (χ2n) is 11.6. The van der Waals surface area contributed by atoms with Crippen LogP contribution in [0.15, 0.2) is 23.3 Å². The van der Waals surface area contributed by atoms with Crippen molar-refractivity contribution in [1.82, 2.24) is 9.80 Å². The predicted molar refractivity (Wildman–Crippen MR) is 149 cm³/mol. The summed E-state index contributed by atoms with van der Waals surface area (Å²) in [5.74, 6) is 5.86. The van der Waals surface area contributed by atoms with E-state index in [1.165, 1.54) is 0 Å². The minimum absolute atomic E-state index is 0. The normalized spacial score (nSPS) is 14.5. The molecule has 2 aliphatic rings. The van der Waals surface area contributed by atoms with Crippen molar-refractivity contribution < 1.29 is 138 Å². The molecule has 0 aromatic carbocycles. The molecule has 0 N–H and O–H groups in total. The first-order chi connectivity index (χ1) is 17.4. The van der Waals surface area contributed by atoms with Gasteiger partial charge in [-0.1, -0.05) is 43.6 Å². The van der Waals surface area contributed by atoms with Crippen LogP contribution in [-0.4, -0.2) is 73.9 Å². The average Bonchev–Trinajstić information content (AvgIpc) is 2.81. The van der Waals surface area contributed by atoms with Gasteiger partial charge in [0.25, 0.3) is 6.47 Å². The first-order valence-electron chi connectivity index (χ1n) is 12.5. The number of hydrogen-bond acceptors (Lipinski definition) is 7. The Labute approximate surface area is 328 Å². The summed E-state index contributed by atoms with van der Waals surface area (Å²) in [5.41, 5.74) is 4.61. The summed E-state index contributed by atoms with van der Waals surface area (Å²) in [6.45, 7) is 20.2. The molecule has 2 amide bonds. The van der Waals surface area contributed by atoms with Crippen molar-refractivity contribution in [2.24, 2.45) is 0 Å². The molecule has 2 aliphatic heterocycles. The Bertz CT molecular complexity index is 983. The predicted octanol–water partition coefficient (Wildman–Crippen LogP) is -1.82. The van der Waals surface area contributed by atoms with Crippen LogP contribution < -0.4 is 108 Å². The van der Waals surface area contributed by atoms with E-state index in [2.05, 4.69) is 41.9 Å². The third kappa shape index (κ3) is 23.6. The van der Waals surface area contributed by atoms with E-state index in [0.717, 1.165) is 24.0 Å². The summed E-state index contributed by atoms with van der Waals surface area (Å²) < 4.78 is 10.6. The molecule has 0 spiro atoms. The van der Waals surface area contributed by atoms with Crippen molar-refractivity contribution >= 4 is 26.7 Å². The molecule has 2 rings (SSSR count). The summed E-state index contributed by atoms with van der Waals surface area (Å²) in [6, 6.07) is 0. The molecule has 0 saturated heterocycles. The average molecular weight is 627 g/mol. The number of amides is 2. The first kappa shape index (κ1) is 44.5. The van der Waals surface area contributed by atoms with Gasteiger partial charge in [0, 0.05) is 37.3 Å². The molecule has 0 bridgehead atoms. The molecule has 0 radical (unpaired) electrons. The van der Waals surface area contributed by atoms with E-state index < -0.39 is 19.3 Å². The van der Waals surface area contributed by atoms with Gasteiger partial charge in [-0.05, 0) is 54.4 Å². The smallest absolute Gasteiger partial charge is 1.00 e. The fraction of sp³-hybridized carbons (Fsp3) is 0.607. The van der Waals surface area contributed by atoms with Gasteiger partial charge in [0.2, 0.25) is 0 Å². The zero-order chi connectivity index (χ0) is 29.6. The quantitative estimate of drug-likeness (QED) is 0.111. The van der Waals surface area contributed by atoms with Gasteiger partial charge in [0.05, 0.1) is 0 Å². The van der Waals surface area contributed by atoms with Gasteiger partial charge in [-0.3, -0.25) is 4.79 Å². The van der Waals surface area contributed by atoms with Crippen LogP contribution in [0.25, 0.3) is 0 Å². The van der Waals surface area contributed by atoms with Gasteiger partial charge in [0.1, 0.15) is 19.3 Å². The summed E-state index contributed by atoms with van der Waals surface area (Å²) >= 11 is 0. The van der Waals surface area contributed by atoms with Crippen molar-refractivity contribution in [3.05, 3.63) is 23.3 Å². The maximum absolute atomic E-state index is 11.9. The van der Waals surface area contributed by atoms with E-state index in [9.17, 15) is 9.59 Å². The Morgan fingerprint density at radius 2 is 1.30 bits per heavy atom. The van der Waals surface area contributed by atoms with Crippen LogP contribution in [0.4, 0.5) is 9.59 Å². The molecule has 0 unspecified atom stereocenters. The molecule has 2 heterocycles. The molecule has 0 aliphatic carbocycles. The third-order valence-corrected chi connectivity index (χ3v) is 5.42. The van der Waals surface area contributed by atoms with E-state index in [1.54, 1.807) is 9.80 Å². The number of ether oxygens (including phenoxy) is 2. The SMILES string of the molecule is C#CC1=CCN(C(=O)OC(C)(C)C)CC1.CC(C)(C)OC(=O)N1CC=C(C#C[Si](C)(C)C)CC1.O=CO[O-].[H-].[K+].[K+]. The van der Waals surface area contributed by atoms with Crippen LogP contribution in [-0.2, 0) is 19.2 Å². The minimum Gasteiger partial charge on any atom is -1.00 e. The molecule has 0 atom stereocenters. The van der Waals surface area contributed by atoms with Crippen LogP contribution >= 0.6 is 0 Å². The third-order valence-electron chi connectivity index (χ3n) is 4.54. The summed E-state index contributed by atoms with van der Waals surface area (Å²) in [6.07, 6.45) is 10.3. The maximum Gasteiger partial charge on any atom is 1.00 e. The second kappa shape index (κ2) is 21.7. The van der Waals surface area contributed by atoms with Gasteiger partial charge in [-0.25, -0.2) is 9.59 Å². The Morgan fingerprint density at radius 1 is 0.925 bits per heavy atom. The van der Waals surface area contributed by atoms with Crippen LogP contribution in [0.3, 0.4) is 0 Å². The Kier molecular flexibility index (Phi) is 24.1. The molecule has 214 valence electrons. The number of hydrogen-bond donors (Lipinski definition) is 0. The van der Waals surface area contributed by atoms with E-state index in [1.807, 2.05) is 53.7 Å². The number of carbonyl (C=O) groups excluding carboxylic acids is 3. The summed E-state index contributed by atoms with van der Waals surface area (Å²) in [5, 5.41) is 8.43. The van der Waals surface area contributed by atoms with Crippen molar-refractivity contribution in [3.8, 4) is 23.8 Å². The maximum atomic E-state index is 11.9. The van der Waals surface area contributed by atoms with Crippen molar-refractivity contribution in [2.75, 3.05) is 26.2 Å². The zero-order valence-corrected chi connectivity index (χ0v) is 33.6. The molecular weight excluding hydrogens is 583 g/mol. The monoisotopic (exact) mass is 626 g/mol. The second-order valence-corrected chi connectivity index (χ2v) is 16.4. The summed E-state index contributed by atoms with van der Waals surface area (Å²) in [4.78, 5) is 38.2. The number of nitrogens with zero attached hydrogens (tertiary/aromatic N) is 2. The number of rotatable bonds is 1. The van der Waals surface area contributed by atoms with Gasteiger partial charge >= 0.3 is 115 Å². The van der Waals surface area contributed by atoms with Gasteiger partial charge in [-0.15, -0.1) is 12.0 Å². The van der Waals surface area contributed by atoms with E-state index >= 15 is 0 Å². The standard InChI is InChI=1S/C15H25NO2Si.C12H17NO2.CH2O3.2K.H/c1-15(2,3)18-14(17)16-10-7-13(8-11-16)9-12-19(4,5)6;1-5-10-6-8-13(9-7-10)11(14)15-12(2,3)4;2-1-4-3;;;/h7H,8,10-11H2,1-6H3;1,6H,7-9H2,2-4H3;1,3H;;;/q;;;2*+1;-1/p-1. The topological polar surface area (TPSA) is 108 Å². The van der Waals surface area contributed by atoms with Crippen LogP contribution in [0.5, 0.6) is 0 Å². The molecule has 9 nitrogen and oxygen atoms in total. The van der Waals surface area contributed by atoms with Crippen molar-refractivity contribution in [2.45, 2.75) is 85.2 Å². The molecule has 40 heavy (non-hydrogen) atoms. The zero-order valence-electron chi connectivity index (χ0n) is 27.3. The van der Waals surface area contributed by atoms with Gasteiger partial charge < -0.3 is 30.8 Å². The van der Waals surface area contributed by atoms with Crippen LogP contribution in [0.1, 0.15) is 55.8 Å². The molecule has 0 saturated carbocycles. The number of terminal acetylenes is 1. The fourth-order valence-corrected chi connectivity index (χ4v) is 3.37. The van der Waals surface area contributed by atoms with E-state index in [0.29, 0.717) is 26.2 Å². The van der Waals surface area contributed by atoms with E-state index in [-0.39, 0.29) is 123 Å². The van der Waals surface area contributed by atoms with Crippen LogP contribution in [0.2, 0.25) is 19.6 Å². The molecule has 0 fully saturated rings. The Morgan fingerprint density at radius 3 is 1.55 bits per heavy atom. The number of carbonyl (C=O) groups is 3. The summed E-state index contributed by atoms with van der Waals surface area (Å²) in [7, 11) is -1.32. The molecule has 12 heteroatoms. The van der Waals surface area contributed by atoms with Crippen molar-refractivity contribution in [3.63, 3.8) is 0 Å². The Hall–Kier alpha value is 0.0596.